The fraction of sp³-hybridized carbons (Fsp3) is 0.333. The van der Waals surface area contributed by atoms with Gasteiger partial charge in [-0.25, -0.2) is 0 Å². The zero-order valence-electron chi connectivity index (χ0n) is 11.5. The van der Waals surface area contributed by atoms with E-state index < -0.39 is 5.72 Å². The van der Waals surface area contributed by atoms with Gasteiger partial charge < -0.3 is 5.11 Å². The Labute approximate surface area is 123 Å². The van der Waals surface area contributed by atoms with E-state index in [2.05, 4.69) is 11.7 Å². The molecule has 1 heterocycles. The standard InChI is InChI=1S/C15H17ClN2O2/c1-4-5-13-10(2)17-18(15(13,3)20)14(19)11-6-8-12(16)9-7-11/h4,6-9,13,20H,1,5H2,2-3H3/t13-,15-/m0/s1. The zero-order valence-corrected chi connectivity index (χ0v) is 12.3. The number of aliphatic hydroxyl groups is 1. The first-order valence-corrected chi connectivity index (χ1v) is 6.74. The Morgan fingerprint density at radius 2 is 2.15 bits per heavy atom. The SMILES string of the molecule is C=CC[C@H]1C(C)=NN(C(=O)c2ccc(Cl)cc2)[C@@]1(C)O. The largest absolute Gasteiger partial charge is 0.369 e. The molecule has 1 N–H and O–H groups in total. The fourth-order valence-electron chi connectivity index (χ4n) is 2.40. The molecule has 1 aliphatic heterocycles. The third-order valence-electron chi connectivity index (χ3n) is 3.54. The molecule has 0 saturated carbocycles. The van der Waals surface area contributed by atoms with E-state index >= 15 is 0 Å². The first-order chi connectivity index (χ1) is 9.37. The van der Waals surface area contributed by atoms with Crippen LogP contribution in [-0.2, 0) is 0 Å². The molecule has 1 aromatic rings. The lowest BCUT2D eigenvalue weighted by Gasteiger charge is -2.32. The lowest BCUT2D eigenvalue weighted by Crippen LogP contribution is -2.48. The van der Waals surface area contributed by atoms with E-state index in [-0.39, 0.29) is 11.8 Å². The maximum absolute atomic E-state index is 12.5. The Morgan fingerprint density at radius 1 is 1.55 bits per heavy atom. The third-order valence-corrected chi connectivity index (χ3v) is 3.79. The Hall–Kier alpha value is -1.65. The van der Waals surface area contributed by atoms with E-state index in [1.807, 2.05) is 0 Å². The summed E-state index contributed by atoms with van der Waals surface area (Å²) in [5, 5.41) is 16.5. The second-order valence-corrected chi connectivity index (χ2v) is 5.47. The average Bonchev–Trinajstić information content (AvgIpc) is 2.62. The maximum Gasteiger partial charge on any atom is 0.276 e. The van der Waals surface area contributed by atoms with Gasteiger partial charge in [0.25, 0.3) is 5.91 Å². The zero-order chi connectivity index (χ0) is 14.9. The molecular weight excluding hydrogens is 276 g/mol. The number of hydrazone groups is 1. The lowest BCUT2D eigenvalue weighted by molar-refractivity contribution is -0.0818. The summed E-state index contributed by atoms with van der Waals surface area (Å²) in [5.41, 5.74) is -0.197. The smallest absolute Gasteiger partial charge is 0.276 e. The van der Waals surface area contributed by atoms with Gasteiger partial charge in [-0.15, -0.1) is 6.58 Å². The van der Waals surface area contributed by atoms with Crippen LogP contribution in [0.5, 0.6) is 0 Å². The minimum atomic E-state index is -1.35. The molecule has 5 heteroatoms. The molecule has 4 nitrogen and oxygen atoms in total. The molecule has 1 aliphatic rings. The Morgan fingerprint density at radius 3 is 2.70 bits per heavy atom. The van der Waals surface area contributed by atoms with E-state index in [9.17, 15) is 9.90 Å². The fourth-order valence-corrected chi connectivity index (χ4v) is 2.52. The molecule has 0 spiro atoms. The summed E-state index contributed by atoms with van der Waals surface area (Å²) < 4.78 is 0. The van der Waals surface area contributed by atoms with Crippen molar-refractivity contribution in [3.05, 3.63) is 47.5 Å². The number of benzene rings is 1. The van der Waals surface area contributed by atoms with Gasteiger partial charge in [0.05, 0.1) is 5.92 Å². The van der Waals surface area contributed by atoms with Crippen molar-refractivity contribution in [2.75, 3.05) is 0 Å². The molecule has 0 aromatic heterocycles. The summed E-state index contributed by atoms with van der Waals surface area (Å²) in [6.07, 6.45) is 2.28. The van der Waals surface area contributed by atoms with Gasteiger partial charge in [0.2, 0.25) is 0 Å². The van der Waals surface area contributed by atoms with E-state index in [0.29, 0.717) is 17.0 Å². The summed E-state index contributed by atoms with van der Waals surface area (Å²) in [6.45, 7) is 7.07. The summed E-state index contributed by atoms with van der Waals surface area (Å²) in [5.74, 6) is -0.589. The Bertz CT molecular complexity index is 564. The van der Waals surface area contributed by atoms with Crippen molar-refractivity contribution < 1.29 is 9.90 Å². The number of carbonyl (C=O) groups excluding carboxylic acids is 1. The summed E-state index contributed by atoms with van der Waals surface area (Å²) >= 11 is 5.81. The van der Waals surface area contributed by atoms with Crippen LogP contribution >= 0.6 is 11.6 Å². The first-order valence-electron chi connectivity index (χ1n) is 6.36. The molecule has 20 heavy (non-hydrogen) atoms. The highest BCUT2D eigenvalue weighted by molar-refractivity contribution is 6.30. The van der Waals surface area contributed by atoms with Crippen molar-refractivity contribution in [2.45, 2.75) is 26.0 Å². The van der Waals surface area contributed by atoms with Gasteiger partial charge in [0, 0.05) is 16.3 Å². The van der Waals surface area contributed by atoms with Gasteiger partial charge in [0.15, 0.2) is 5.72 Å². The van der Waals surface area contributed by atoms with Crippen LogP contribution in [0.3, 0.4) is 0 Å². The Kier molecular flexibility index (Phi) is 3.97. The summed E-state index contributed by atoms with van der Waals surface area (Å²) in [7, 11) is 0. The predicted molar refractivity (Wildman–Crippen MR) is 79.7 cm³/mol. The average molecular weight is 293 g/mol. The number of carbonyl (C=O) groups is 1. The molecule has 2 atom stereocenters. The molecular formula is C15H17ClN2O2. The Balaban J connectivity index is 2.31. The van der Waals surface area contributed by atoms with Gasteiger partial charge in [-0.1, -0.05) is 17.7 Å². The van der Waals surface area contributed by atoms with Crippen LogP contribution in [0.25, 0.3) is 0 Å². The van der Waals surface area contributed by atoms with Gasteiger partial charge in [-0.05, 0) is 44.5 Å². The molecule has 0 fully saturated rings. The highest BCUT2D eigenvalue weighted by Crippen LogP contribution is 2.34. The second-order valence-electron chi connectivity index (χ2n) is 5.04. The van der Waals surface area contributed by atoms with Crippen molar-refractivity contribution in [2.24, 2.45) is 11.0 Å². The van der Waals surface area contributed by atoms with Gasteiger partial charge in [0.1, 0.15) is 0 Å². The summed E-state index contributed by atoms with van der Waals surface area (Å²) in [4.78, 5) is 12.5. The predicted octanol–water partition coefficient (Wildman–Crippen LogP) is 3.07. The molecule has 0 aliphatic carbocycles. The summed E-state index contributed by atoms with van der Waals surface area (Å²) in [6, 6.07) is 6.51. The molecule has 0 unspecified atom stereocenters. The van der Waals surface area contributed by atoms with E-state index in [0.717, 1.165) is 10.7 Å². The minimum absolute atomic E-state index is 0.240. The molecule has 1 aromatic carbocycles. The first kappa shape index (κ1) is 14.8. The van der Waals surface area contributed by atoms with Crippen LogP contribution in [0.15, 0.2) is 42.0 Å². The second kappa shape index (κ2) is 5.38. The topological polar surface area (TPSA) is 52.9 Å². The maximum atomic E-state index is 12.5. The monoisotopic (exact) mass is 292 g/mol. The van der Waals surface area contributed by atoms with Crippen LogP contribution in [-0.4, -0.2) is 27.5 Å². The third kappa shape index (κ3) is 2.49. The molecule has 2 rings (SSSR count). The van der Waals surface area contributed by atoms with Gasteiger partial charge >= 0.3 is 0 Å². The van der Waals surface area contributed by atoms with E-state index in [1.165, 1.54) is 0 Å². The van der Waals surface area contributed by atoms with Crippen molar-refractivity contribution in [3.8, 4) is 0 Å². The molecule has 0 saturated heterocycles. The number of allylic oxidation sites excluding steroid dienone is 1. The van der Waals surface area contributed by atoms with Crippen LogP contribution in [0.4, 0.5) is 0 Å². The van der Waals surface area contributed by atoms with Crippen LogP contribution in [0.2, 0.25) is 5.02 Å². The van der Waals surface area contributed by atoms with Crippen LogP contribution < -0.4 is 0 Å². The van der Waals surface area contributed by atoms with Crippen molar-refractivity contribution in [3.63, 3.8) is 0 Å². The molecule has 0 bridgehead atoms. The number of rotatable bonds is 3. The van der Waals surface area contributed by atoms with E-state index in [4.69, 9.17) is 11.6 Å². The minimum Gasteiger partial charge on any atom is -0.369 e. The van der Waals surface area contributed by atoms with Crippen molar-refractivity contribution in [1.29, 1.82) is 0 Å². The van der Waals surface area contributed by atoms with Crippen molar-refractivity contribution in [1.82, 2.24) is 5.01 Å². The van der Waals surface area contributed by atoms with E-state index in [1.54, 1.807) is 44.2 Å². The lowest BCUT2D eigenvalue weighted by atomic mass is 9.90. The number of hydrogen-bond donors (Lipinski definition) is 1. The quantitative estimate of drug-likeness (QED) is 0.871. The van der Waals surface area contributed by atoms with Gasteiger partial charge in [-0.3, -0.25) is 4.79 Å². The van der Waals surface area contributed by atoms with Crippen LogP contribution in [0.1, 0.15) is 30.6 Å². The number of nitrogens with zero attached hydrogens (tertiary/aromatic N) is 2. The number of hydrogen-bond acceptors (Lipinski definition) is 3. The molecule has 106 valence electrons. The normalized spacial score (nSPS) is 25.5. The highest BCUT2D eigenvalue weighted by atomic mass is 35.5. The highest BCUT2D eigenvalue weighted by Gasteiger charge is 2.47. The van der Waals surface area contributed by atoms with Crippen molar-refractivity contribution >= 4 is 23.2 Å². The number of amides is 1. The molecule has 0 radical (unpaired) electrons. The van der Waals surface area contributed by atoms with Gasteiger partial charge in [-0.2, -0.15) is 10.1 Å². The number of halogens is 1. The van der Waals surface area contributed by atoms with Crippen LogP contribution in [0, 0.1) is 5.92 Å². The molecule has 1 amide bonds.